The largest absolute Gasteiger partial charge is 0.398 e. The molecule has 4 N–H and O–H groups in total. The molecule has 3 rings (SSSR count). The third kappa shape index (κ3) is 7.46. The van der Waals surface area contributed by atoms with Gasteiger partial charge in [0, 0.05) is 49.7 Å². The number of rotatable bonds is 11. The maximum absolute atomic E-state index is 8.92. The van der Waals surface area contributed by atoms with E-state index in [1.807, 2.05) is 45.3 Å². The zero-order valence-corrected chi connectivity index (χ0v) is 23.0. The summed E-state index contributed by atoms with van der Waals surface area (Å²) in [6, 6.07) is 13.2. The van der Waals surface area contributed by atoms with Crippen LogP contribution in [-0.2, 0) is 13.1 Å². The predicted octanol–water partition coefficient (Wildman–Crippen LogP) is 6.68. The average Bonchev–Trinajstić information content (AvgIpc) is 2.87. The monoisotopic (exact) mass is 497 g/mol. The molecule has 1 heterocycles. The molecule has 0 bridgehead atoms. The molecule has 0 radical (unpaired) electrons. The summed E-state index contributed by atoms with van der Waals surface area (Å²) < 4.78 is 0. The number of nitrogen functional groups attached to an aromatic ring is 1. The van der Waals surface area contributed by atoms with E-state index >= 15 is 0 Å². The van der Waals surface area contributed by atoms with E-state index in [1.165, 1.54) is 11.1 Å². The standard InChI is InChI=1S/C32H43N5/c1-7-11-26(16-23(3)4)32(34)29-18-27(31(35-6)19-30(29)33)21-37(8-2)28-14-10-15-36(22-28)20-25-13-9-12-24(5)17-25/h7-9,11-13,16-19,28,34-35H,1-2,10,14-15,20-22,33H2,3-6H3/b26-11+,34-32?/t28-/m1/s1. The molecular weight excluding hydrogens is 454 g/mol. The number of allylic oxidation sites excluding steroid dienone is 5. The van der Waals surface area contributed by atoms with Crippen molar-refractivity contribution in [1.29, 1.82) is 5.41 Å². The van der Waals surface area contributed by atoms with Gasteiger partial charge in [0.25, 0.3) is 0 Å². The first-order valence-corrected chi connectivity index (χ1v) is 13.1. The molecule has 5 nitrogen and oxygen atoms in total. The third-order valence-electron chi connectivity index (χ3n) is 6.87. The van der Waals surface area contributed by atoms with Gasteiger partial charge in [-0.05, 0) is 75.2 Å². The number of aryl methyl sites for hydroxylation is 1. The molecule has 0 unspecified atom stereocenters. The second-order valence-corrected chi connectivity index (χ2v) is 10.2. The van der Waals surface area contributed by atoms with Crippen molar-refractivity contribution in [2.75, 3.05) is 31.2 Å². The van der Waals surface area contributed by atoms with E-state index in [1.54, 1.807) is 6.08 Å². The van der Waals surface area contributed by atoms with Crippen LogP contribution in [0.15, 0.2) is 85.1 Å². The number of hydrogen-bond donors (Lipinski definition) is 3. The third-order valence-corrected chi connectivity index (χ3v) is 6.87. The summed E-state index contributed by atoms with van der Waals surface area (Å²) in [7, 11) is 1.91. The minimum atomic E-state index is 0.378. The molecule has 0 saturated carbocycles. The topological polar surface area (TPSA) is 68.4 Å². The van der Waals surface area contributed by atoms with Gasteiger partial charge in [-0.25, -0.2) is 0 Å². The fraction of sp³-hybridized carbons (Fsp3) is 0.344. The van der Waals surface area contributed by atoms with Crippen molar-refractivity contribution in [3.8, 4) is 0 Å². The van der Waals surface area contributed by atoms with E-state index in [-0.39, 0.29) is 0 Å². The Morgan fingerprint density at radius 3 is 2.68 bits per heavy atom. The van der Waals surface area contributed by atoms with Crippen LogP contribution in [0.2, 0.25) is 0 Å². The number of nitrogens with zero attached hydrogens (tertiary/aromatic N) is 2. The van der Waals surface area contributed by atoms with E-state index < -0.39 is 0 Å². The predicted molar refractivity (Wildman–Crippen MR) is 160 cm³/mol. The molecule has 5 heteroatoms. The Hall–Kier alpha value is -3.57. The Morgan fingerprint density at radius 1 is 1.24 bits per heavy atom. The lowest BCUT2D eigenvalue weighted by molar-refractivity contribution is 0.121. The molecule has 0 aromatic heterocycles. The first-order chi connectivity index (χ1) is 17.7. The van der Waals surface area contributed by atoms with Crippen LogP contribution in [0.5, 0.6) is 0 Å². The highest BCUT2D eigenvalue weighted by Crippen LogP contribution is 2.29. The van der Waals surface area contributed by atoms with Crippen molar-refractivity contribution >= 4 is 17.1 Å². The Labute approximate surface area is 223 Å². The SMILES string of the molecule is C=C/C=C(\C=C(C)C)C(=N)c1cc(CN(C=C)[C@@H]2CCCN(Cc3cccc(C)c3)C2)c(NC)cc1N. The molecule has 2 aromatic rings. The number of piperidine rings is 1. The molecule has 2 aromatic carbocycles. The van der Waals surface area contributed by atoms with Gasteiger partial charge in [0.15, 0.2) is 0 Å². The highest BCUT2D eigenvalue weighted by Gasteiger charge is 2.25. The molecule has 1 aliphatic heterocycles. The highest BCUT2D eigenvalue weighted by atomic mass is 15.2. The first kappa shape index (κ1) is 28.0. The van der Waals surface area contributed by atoms with Crippen molar-refractivity contribution < 1.29 is 0 Å². The van der Waals surface area contributed by atoms with E-state index in [0.717, 1.165) is 60.4 Å². The second kappa shape index (κ2) is 13.1. The normalized spacial score (nSPS) is 16.1. The van der Waals surface area contributed by atoms with Gasteiger partial charge in [-0.2, -0.15) is 0 Å². The van der Waals surface area contributed by atoms with Crippen molar-refractivity contribution in [3.05, 3.63) is 107 Å². The van der Waals surface area contributed by atoms with Gasteiger partial charge in [0.1, 0.15) is 0 Å². The Balaban J connectivity index is 1.84. The molecule has 0 spiro atoms. The first-order valence-electron chi connectivity index (χ1n) is 13.1. The van der Waals surface area contributed by atoms with Gasteiger partial charge < -0.3 is 16.0 Å². The summed E-state index contributed by atoms with van der Waals surface area (Å²) in [6.45, 7) is 18.0. The lowest BCUT2D eigenvalue weighted by Gasteiger charge is -2.39. The van der Waals surface area contributed by atoms with Crippen LogP contribution < -0.4 is 11.1 Å². The smallest absolute Gasteiger partial charge is 0.0705 e. The minimum Gasteiger partial charge on any atom is -0.398 e. The minimum absolute atomic E-state index is 0.378. The van der Waals surface area contributed by atoms with Crippen LogP contribution in [0, 0.1) is 12.3 Å². The molecule has 0 aliphatic carbocycles. The average molecular weight is 498 g/mol. The van der Waals surface area contributed by atoms with Gasteiger partial charge >= 0.3 is 0 Å². The number of benzene rings is 2. The molecular formula is C32H43N5. The van der Waals surface area contributed by atoms with Crippen LogP contribution >= 0.6 is 0 Å². The van der Waals surface area contributed by atoms with Crippen LogP contribution in [0.4, 0.5) is 11.4 Å². The van der Waals surface area contributed by atoms with E-state index in [2.05, 4.69) is 65.5 Å². The number of likely N-dealkylation sites (tertiary alicyclic amines) is 1. The fourth-order valence-electron chi connectivity index (χ4n) is 5.09. The van der Waals surface area contributed by atoms with Crippen molar-refractivity contribution in [2.24, 2.45) is 0 Å². The molecule has 1 saturated heterocycles. The van der Waals surface area contributed by atoms with Crippen molar-refractivity contribution in [2.45, 2.75) is 52.7 Å². The number of anilines is 2. The van der Waals surface area contributed by atoms with Gasteiger partial charge in [0.05, 0.1) is 5.71 Å². The Morgan fingerprint density at radius 2 is 2.03 bits per heavy atom. The zero-order valence-electron chi connectivity index (χ0n) is 23.0. The summed E-state index contributed by atoms with van der Waals surface area (Å²) in [5.41, 5.74) is 14.8. The summed E-state index contributed by atoms with van der Waals surface area (Å²) >= 11 is 0. The maximum Gasteiger partial charge on any atom is 0.0705 e. The Kier molecular flexibility index (Phi) is 9.93. The lowest BCUT2D eigenvalue weighted by atomic mass is 9.95. The second-order valence-electron chi connectivity index (χ2n) is 10.2. The van der Waals surface area contributed by atoms with Crippen LogP contribution in [0.1, 0.15) is 48.9 Å². The summed E-state index contributed by atoms with van der Waals surface area (Å²) in [5.74, 6) is 0. The van der Waals surface area contributed by atoms with Gasteiger partial charge in [-0.15, -0.1) is 0 Å². The summed E-state index contributed by atoms with van der Waals surface area (Å²) in [5, 5.41) is 12.2. The van der Waals surface area contributed by atoms with Crippen molar-refractivity contribution in [3.63, 3.8) is 0 Å². The van der Waals surface area contributed by atoms with Crippen molar-refractivity contribution in [1.82, 2.24) is 9.80 Å². The maximum atomic E-state index is 8.92. The molecule has 1 fully saturated rings. The Bertz CT molecular complexity index is 1190. The summed E-state index contributed by atoms with van der Waals surface area (Å²) in [6.07, 6.45) is 9.84. The van der Waals surface area contributed by atoms with Crippen LogP contribution in [0.25, 0.3) is 0 Å². The van der Waals surface area contributed by atoms with Crippen LogP contribution in [-0.4, -0.2) is 41.7 Å². The molecule has 1 aliphatic rings. The van der Waals surface area contributed by atoms with E-state index in [0.29, 0.717) is 24.0 Å². The molecule has 196 valence electrons. The molecule has 1 atom stereocenters. The van der Waals surface area contributed by atoms with Gasteiger partial charge in [-0.1, -0.05) is 66.8 Å². The molecule has 37 heavy (non-hydrogen) atoms. The van der Waals surface area contributed by atoms with Crippen LogP contribution in [0.3, 0.4) is 0 Å². The molecule has 0 amide bonds. The van der Waals surface area contributed by atoms with E-state index in [4.69, 9.17) is 11.1 Å². The highest BCUT2D eigenvalue weighted by molar-refractivity contribution is 6.15. The van der Waals surface area contributed by atoms with Gasteiger partial charge in [0.2, 0.25) is 0 Å². The van der Waals surface area contributed by atoms with Gasteiger partial charge in [-0.3, -0.25) is 10.3 Å². The lowest BCUT2D eigenvalue weighted by Crippen LogP contribution is -2.45. The quantitative estimate of drug-likeness (QED) is 0.184. The number of nitrogens with two attached hydrogens (primary N) is 1. The summed E-state index contributed by atoms with van der Waals surface area (Å²) in [4.78, 5) is 4.90. The number of hydrogen-bond acceptors (Lipinski definition) is 5. The number of nitrogens with one attached hydrogen (secondary N) is 2. The zero-order chi connectivity index (χ0) is 26.9. The fourth-order valence-corrected chi connectivity index (χ4v) is 5.09. The van der Waals surface area contributed by atoms with E-state index in [9.17, 15) is 0 Å².